The zero-order chi connectivity index (χ0) is 10.6. The van der Waals surface area contributed by atoms with Crippen LogP contribution in [0, 0.1) is 5.41 Å². The minimum absolute atomic E-state index is 0.521. The van der Waals surface area contributed by atoms with Gasteiger partial charge in [0.1, 0.15) is 0 Å². The van der Waals surface area contributed by atoms with Crippen molar-refractivity contribution in [3.05, 3.63) is 12.3 Å². The Labute approximate surface area is 87.7 Å². The van der Waals surface area contributed by atoms with Crippen molar-refractivity contribution in [2.45, 2.75) is 33.1 Å². The van der Waals surface area contributed by atoms with Crippen LogP contribution in [0.4, 0.5) is 0 Å². The van der Waals surface area contributed by atoms with E-state index in [9.17, 15) is 0 Å². The molecule has 1 rings (SSSR count). The number of aliphatic imine (C=N–C) groups is 1. The average molecular weight is 194 g/mol. The molecule has 0 radical (unpaired) electrons. The molecule has 1 aliphatic rings. The predicted octanol–water partition coefficient (Wildman–Crippen LogP) is 2.71. The van der Waals surface area contributed by atoms with Gasteiger partial charge in [0.05, 0.1) is 0 Å². The normalized spacial score (nSPS) is 20.6. The van der Waals surface area contributed by atoms with Gasteiger partial charge in [-0.1, -0.05) is 20.4 Å². The fourth-order valence-electron chi connectivity index (χ4n) is 1.79. The van der Waals surface area contributed by atoms with Gasteiger partial charge in [-0.3, -0.25) is 0 Å². The fraction of sp³-hybridized carbons (Fsp3) is 0.750. The van der Waals surface area contributed by atoms with Gasteiger partial charge >= 0.3 is 0 Å². The summed E-state index contributed by atoms with van der Waals surface area (Å²) >= 11 is 0. The predicted molar refractivity (Wildman–Crippen MR) is 62.8 cm³/mol. The SMILES string of the molecule is C=NCCC(=C)N1CCC(C)(C)CC1. The lowest BCUT2D eigenvalue weighted by Crippen LogP contribution is -2.36. The summed E-state index contributed by atoms with van der Waals surface area (Å²) < 4.78 is 0. The lowest BCUT2D eigenvalue weighted by molar-refractivity contribution is 0.159. The second-order valence-corrected chi connectivity index (χ2v) is 4.91. The Bertz CT molecular complexity index is 208. The van der Waals surface area contributed by atoms with Gasteiger partial charge < -0.3 is 9.89 Å². The Morgan fingerprint density at radius 1 is 1.36 bits per heavy atom. The molecule has 0 unspecified atom stereocenters. The van der Waals surface area contributed by atoms with Crippen molar-refractivity contribution in [3.63, 3.8) is 0 Å². The van der Waals surface area contributed by atoms with Gasteiger partial charge in [0.25, 0.3) is 0 Å². The summed E-state index contributed by atoms with van der Waals surface area (Å²) in [5, 5.41) is 0. The van der Waals surface area contributed by atoms with Gasteiger partial charge in [0.15, 0.2) is 0 Å². The largest absolute Gasteiger partial charge is 0.375 e. The highest BCUT2D eigenvalue weighted by atomic mass is 15.1. The lowest BCUT2D eigenvalue weighted by atomic mass is 9.82. The highest BCUT2D eigenvalue weighted by Crippen LogP contribution is 2.31. The topological polar surface area (TPSA) is 15.6 Å². The van der Waals surface area contributed by atoms with Crippen molar-refractivity contribution in [2.75, 3.05) is 19.6 Å². The summed E-state index contributed by atoms with van der Waals surface area (Å²) in [6.45, 7) is 15.4. The average Bonchev–Trinajstić information content (AvgIpc) is 2.14. The summed E-state index contributed by atoms with van der Waals surface area (Å²) in [6, 6.07) is 0. The van der Waals surface area contributed by atoms with Crippen LogP contribution in [0.15, 0.2) is 17.3 Å². The quantitative estimate of drug-likeness (QED) is 0.628. The molecule has 0 aliphatic carbocycles. The standard InChI is InChI=1S/C12H22N2/c1-11(5-8-13-4)14-9-6-12(2,3)7-10-14/h1,4-10H2,2-3H3. The van der Waals surface area contributed by atoms with E-state index in [1.165, 1.54) is 18.5 Å². The van der Waals surface area contributed by atoms with Crippen LogP contribution in [-0.2, 0) is 0 Å². The Hall–Kier alpha value is -0.790. The molecule has 0 aromatic carbocycles. The highest BCUT2D eigenvalue weighted by Gasteiger charge is 2.25. The molecule has 1 aliphatic heterocycles. The molecule has 0 atom stereocenters. The number of hydrogen-bond acceptors (Lipinski definition) is 2. The number of likely N-dealkylation sites (tertiary alicyclic amines) is 1. The highest BCUT2D eigenvalue weighted by molar-refractivity contribution is 5.23. The minimum Gasteiger partial charge on any atom is -0.375 e. The number of piperidine rings is 1. The first kappa shape index (κ1) is 11.3. The monoisotopic (exact) mass is 194 g/mol. The molecular weight excluding hydrogens is 172 g/mol. The van der Waals surface area contributed by atoms with E-state index in [1.54, 1.807) is 0 Å². The van der Waals surface area contributed by atoms with E-state index in [1.807, 2.05) is 0 Å². The third-order valence-electron chi connectivity index (χ3n) is 3.12. The fourth-order valence-corrected chi connectivity index (χ4v) is 1.79. The Morgan fingerprint density at radius 2 is 1.93 bits per heavy atom. The van der Waals surface area contributed by atoms with Crippen LogP contribution in [0.5, 0.6) is 0 Å². The van der Waals surface area contributed by atoms with Crippen molar-refractivity contribution >= 4 is 6.72 Å². The van der Waals surface area contributed by atoms with Gasteiger partial charge in [0, 0.05) is 31.8 Å². The van der Waals surface area contributed by atoms with Crippen LogP contribution in [0.2, 0.25) is 0 Å². The maximum atomic E-state index is 4.10. The van der Waals surface area contributed by atoms with E-state index in [-0.39, 0.29) is 0 Å². The molecule has 1 heterocycles. The molecule has 2 nitrogen and oxygen atoms in total. The second-order valence-electron chi connectivity index (χ2n) is 4.91. The van der Waals surface area contributed by atoms with Gasteiger partial charge in [0.2, 0.25) is 0 Å². The Kier molecular flexibility index (Phi) is 3.73. The number of rotatable bonds is 4. The van der Waals surface area contributed by atoms with Crippen LogP contribution in [0.25, 0.3) is 0 Å². The van der Waals surface area contributed by atoms with E-state index in [4.69, 9.17) is 0 Å². The molecule has 0 bridgehead atoms. The minimum atomic E-state index is 0.521. The van der Waals surface area contributed by atoms with Crippen LogP contribution in [0.1, 0.15) is 33.1 Å². The van der Waals surface area contributed by atoms with E-state index in [0.717, 1.165) is 26.1 Å². The van der Waals surface area contributed by atoms with E-state index >= 15 is 0 Å². The molecular formula is C12H22N2. The maximum absolute atomic E-state index is 4.10. The summed E-state index contributed by atoms with van der Waals surface area (Å²) in [5.41, 5.74) is 1.75. The molecule has 0 N–H and O–H groups in total. The summed E-state index contributed by atoms with van der Waals surface area (Å²) in [4.78, 5) is 6.26. The lowest BCUT2D eigenvalue weighted by Gasteiger charge is -2.39. The van der Waals surface area contributed by atoms with E-state index in [2.05, 4.69) is 37.0 Å². The van der Waals surface area contributed by atoms with Crippen LogP contribution in [-0.4, -0.2) is 31.3 Å². The first-order chi connectivity index (χ1) is 6.55. The van der Waals surface area contributed by atoms with Gasteiger partial charge in [-0.05, 0) is 25.0 Å². The molecule has 0 amide bonds. The van der Waals surface area contributed by atoms with Crippen molar-refractivity contribution in [2.24, 2.45) is 10.4 Å². The summed E-state index contributed by atoms with van der Waals surface area (Å²) in [6.07, 6.45) is 3.50. The van der Waals surface area contributed by atoms with E-state index < -0.39 is 0 Å². The number of nitrogens with zero attached hydrogens (tertiary/aromatic N) is 2. The third-order valence-corrected chi connectivity index (χ3v) is 3.12. The Morgan fingerprint density at radius 3 is 2.43 bits per heavy atom. The van der Waals surface area contributed by atoms with Crippen molar-refractivity contribution in [1.29, 1.82) is 0 Å². The molecule has 2 heteroatoms. The second kappa shape index (κ2) is 4.63. The zero-order valence-electron chi connectivity index (χ0n) is 9.55. The molecule has 0 saturated carbocycles. The number of hydrogen-bond donors (Lipinski definition) is 0. The smallest absolute Gasteiger partial charge is 0.0436 e. The van der Waals surface area contributed by atoms with Gasteiger partial charge in [-0.15, -0.1) is 0 Å². The molecule has 80 valence electrons. The first-order valence-corrected chi connectivity index (χ1v) is 5.40. The molecule has 0 aromatic rings. The van der Waals surface area contributed by atoms with Crippen molar-refractivity contribution in [3.8, 4) is 0 Å². The molecule has 0 aromatic heterocycles. The van der Waals surface area contributed by atoms with Gasteiger partial charge in [-0.25, -0.2) is 0 Å². The van der Waals surface area contributed by atoms with Crippen molar-refractivity contribution < 1.29 is 0 Å². The molecule has 14 heavy (non-hydrogen) atoms. The molecule has 1 fully saturated rings. The van der Waals surface area contributed by atoms with Crippen LogP contribution in [0.3, 0.4) is 0 Å². The molecule has 1 saturated heterocycles. The van der Waals surface area contributed by atoms with Crippen LogP contribution < -0.4 is 0 Å². The summed E-state index contributed by atoms with van der Waals surface area (Å²) in [7, 11) is 0. The van der Waals surface area contributed by atoms with Crippen molar-refractivity contribution in [1.82, 2.24) is 4.90 Å². The van der Waals surface area contributed by atoms with Crippen LogP contribution >= 0.6 is 0 Å². The maximum Gasteiger partial charge on any atom is 0.0436 e. The Balaban J connectivity index is 2.34. The van der Waals surface area contributed by atoms with Gasteiger partial charge in [-0.2, -0.15) is 0 Å². The van der Waals surface area contributed by atoms with E-state index in [0.29, 0.717) is 5.41 Å². The first-order valence-electron chi connectivity index (χ1n) is 5.40. The zero-order valence-corrected chi connectivity index (χ0v) is 9.55. The third kappa shape index (κ3) is 3.17. The molecule has 0 spiro atoms. The summed E-state index contributed by atoms with van der Waals surface area (Å²) in [5.74, 6) is 0.